The van der Waals surface area contributed by atoms with E-state index in [0.717, 1.165) is 0 Å². The number of hydrogen-bond acceptors (Lipinski definition) is 5. The average molecular weight is 268 g/mol. The monoisotopic (exact) mass is 268 g/mol. The van der Waals surface area contributed by atoms with Crippen LogP contribution in [-0.2, 0) is 14.3 Å². The van der Waals surface area contributed by atoms with Crippen LogP contribution in [0.4, 0.5) is 5.69 Å². The molecule has 18 heavy (non-hydrogen) atoms. The second-order valence-corrected chi connectivity index (χ2v) is 4.81. The van der Waals surface area contributed by atoms with E-state index >= 15 is 0 Å². The molecule has 6 heteroatoms. The Balaban J connectivity index is 2.20. The van der Waals surface area contributed by atoms with Crippen LogP contribution in [0.1, 0.15) is 13.8 Å². The Kier molecular flexibility index (Phi) is 6.21. The third-order valence-electron chi connectivity index (χ3n) is 1.77. The molecule has 98 valence electrons. The van der Waals surface area contributed by atoms with E-state index in [1.165, 1.54) is 11.8 Å². The van der Waals surface area contributed by atoms with Crippen molar-refractivity contribution in [2.24, 2.45) is 0 Å². The van der Waals surface area contributed by atoms with Crippen molar-refractivity contribution in [3.8, 4) is 0 Å². The highest BCUT2D eigenvalue weighted by molar-refractivity contribution is 8.00. The van der Waals surface area contributed by atoms with Gasteiger partial charge in [0, 0.05) is 6.20 Å². The molecule has 1 rings (SSSR count). The van der Waals surface area contributed by atoms with E-state index in [2.05, 4.69) is 10.3 Å². The molecule has 1 aromatic rings. The van der Waals surface area contributed by atoms with Gasteiger partial charge in [0.2, 0.25) is 5.91 Å². The number of pyridine rings is 1. The number of hydrogen-bond donors (Lipinski definition) is 1. The van der Waals surface area contributed by atoms with Crippen molar-refractivity contribution in [3.05, 3.63) is 24.5 Å². The van der Waals surface area contributed by atoms with Gasteiger partial charge in [-0.25, -0.2) is 0 Å². The Morgan fingerprint density at radius 1 is 1.44 bits per heavy atom. The third-order valence-corrected chi connectivity index (χ3v) is 2.67. The van der Waals surface area contributed by atoms with Crippen LogP contribution in [0, 0.1) is 0 Å². The van der Waals surface area contributed by atoms with Gasteiger partial charge in [-0.05, 0) is 26.0 Å². The van der Waals surface area contributed by atoms with Gasteiger partial charge in [-0.3, -0.25) is 14.6 Å². The summed E-state index contributed by atoms with van der Waals surface area (Å²) in [5.41, 5.74) is 0.646. The molecule has 1 heterocycles. The maximum absolute atomic E-state index is 11.5. The zero-order valence-corrected chi connectivity index (χ0v) is 11.2. The molecule has 1 amide bonds. The molecule has 0 aliphatic carbocycles. The molecule has 0 aliphatic rings. The number of amides is 1. The maximum Gasteiger partial charge on any atom is 0.316 e. The summed E-state index contributed by atoms with van der Waals surface area (Å²) in [6.45, 7) is 3.58. The summed E-state index contributed by atoms with van der Waals surface area (Å²) in [5, 5.41) is 2.68. The largest absolute Gasteiger partial charge is 0.462 e. The summed E-state index contributed by atoms with van der Waals surface area (Å²) >= 11 is 1.22. The first-order valence-corrected chi connectivity index (χ1v) is 6.70. The summed E-state index contributed by atoms with van der Waals surface area (Å²) in [7, 11) is 0. The van der Waals surface area contributed by atoms with Crippen molar-refractivity contribution in [1.29, 1.82) is 0 Å². The number of carbonyl (C=O) groups excluding carboxylic acids is 2. The fourth-order valence-corrected chi connectivity index (χ4v) is 1.75. The topological polar surface area (TPSA) is 68.3 Å². The maximum atomic E-state index is 11.5. The van der Waals surface area contributed by atoms with E-state index in [1.807, 2.05) is 0 Å². The summed E-state index contributed by atoms with van der Waals surface area (Å²) < 4.78 is 4.95. The van der Waals surface area contributed by atoms with Crippen molar-refractivity contribution in [3.63, 3.8) is 0 Å². The van der Waals surface area contributed by atoms with Crippen molar-refractivity contribution in [1.82, 2.24) is 4.98 Å². The van der Waals surface area contributed by atoms with Gasteiger partial charge in [-0.1, -0.05) is 0 Å². The van der Waals surface area contributed by atoms with Crippen LogP contribution >= 0.6 is 11.8 Å². The summed E-state index contributed by atoms with van der Waals surface area (Å²) in [5.74, 6) is -0.0738. The molecule has 0 aromatic carbocycles. The summed E-state index contributed by atoms with van der Waals surface area (Å²) in [6, 6.07) is 3.49. The highest BCUT2D eigenvalue weighted by Gasteiger charge is 2.08. The van der Waals surface area contributed by atoms with Crippen LogP contribution in [-0.4, -0.2) is 34.5 Å². The van der Waals surface area contributed by atoms with Gasteiger partial charge in [0.25, 0.3) is 0 Å². The first kappa shape index (κ1) is 14.5. The summed E-state index contributed by atoms with van der Waals surface area (Å²) in [6.07, 6.45) is 3.07. The number of carbonyl (C=O) groups is 2. The minimum Gasteiger partial charge on any atom is -0.462 e. The Morgan fingerprint density at radius 2 is 2.22 bits per heavy atom. The number of nitrogens with one attached hydrogen (secondary N) is 1. The molecule has 5 nitrogen and oxygen atoms in total. The average Bonchev–Trinajstić information content (AvgIpc) is 2.29. The van der Waals surface area contributed by atoms with Gasteiger partial charge in [0.15, 0.2) is 0 Å². The lowest BCUT2D eigenvalue weighted by Gasteiger charge is -2.07. The molecular formula is C12H16N2O3S. The standard InChI is InChI=1S/C12H16N2O3S/c1-9(2)17-12(16)8-18-7-11(15)14-10-4-3-5-13-6-10/h3-6,9H,7-8H2,1-2H3,(H,14,15). The Hall–Kier alpha value is -1.56. The van der Waals surface area contributed by atoms with Crippen molar-refractivity contribution in [2.75, 3.05) is 16.8 Å². The van der Waals surface area contributed by atoms with Crippen LogP contribution in [0.5, 0.6) is 0 Å². The van der Waals surface area contributed by atoms with Gasteiger partial charge < -0.3 is 10.1 Å². The molecule has 0 saturated carbocycles. The second-order valence-electron chi connectivity index (χ2n) is 3.82. The predicted molar refractivity (Wildman–Crippen MR) is 71.4 cm³/mol. The smallest absolute Gasteiger partial charge is 0.316 e. The number of rotatable bonds is 6. The van der Waals surface area contributed by atoms with E-state index in [0.29, 0.717) is 5.69 Å². The minimum atomic E-state index is -0.302. The normalized spacial score (nSPS) is 10.2. The molecule has 1 N–H and O–H groups in total. The Labute approximate surface area is 110 Å². The second kappa shape index (κ2) is 7.71. The van der Waals surface area contributed by atoms with E-state index in [9.17, 15) is 9.59 Å². The molecule has 0 bridgehead atoms. The Morgan fingerprint density at radius 3 is 2.83 bits per heavy atom. The molecule has 0 radical (unpaired) electrons. The van der Waals surface area contributed by atoms with Gasteiger partial charge in [0.05, 0.1) is 29.5 Å². The minimum absolute atomic E-state index is 0.123. The first-order valence-electron chi connectivity index (χ1n) is 5.55. The summed E-state index contributed by atoms with van der Waals surface area (Å²) in [4.78, 5) is 26.6. The molecule has 0 atom stereocenters. The SMILES string of the molecule is CC(C)OC(=O)CSCC(=O)Nc1cccnc1. The fourth-order valence-electron chi connectivity index (χ4n) is 1.16. The zero-order valence-electron chi connectivity index (χ0n) is 10.4. The molecule has 0 unspecified atom stereocenters. The highest BCUT2D eigenvalue weighted by atomic mass is 32.2. The number of ether oxygens (including phenoxy) is 1. The van der Waals surface area contributed by atoms with Crippen LogP contribution in [0.15, 0.2) is 24.5 Å². The lowest BCUT2D eigenvalue weighted by atomic mass is 10.4. The number of thioether (sulfide) groups is 1. The lowest BCUT2D eigenvalue weighted by molar-refractivity contribution is -0.144. The van der Waals surface area contributed by atoms with Gasteiger partial charge >= 0.3 is 5.97 Å². The van der Waals surface area contributed by atoms with E-state index in [4.69, 9.17) is 4.74 Å². The number of esters is 1. The highest BCUT2D eigenvalue weighted by Crippen LogP contribution is 2.06. The fraction of sp³-hybridized carbons (Fsp3) is 0.417. The molecule has 1 aromatic heterocycles. The van der Waals surface area contributed by atoms with Crippen LogP contribution in [0.25, 0.3) is 0 Å². The molecular weight excluding hydrogens is 252 g/mol. The number of nitrogens with zero attached hydrogens (tertiary/aromatic N) is 1. The Bertz CT molecular complexity index is 396. The molecule has 0 aliphatic heterocycles. The quantitative estimate of drug-likeness (QED) is 0.795. The van der Waals surface area contributed by atoms with Crippen LogP contribution < -0.4 is 5.32 Å². The van der Waals surface area contributed by atoms with Crippen LogP contribution in [0.2, 0.25) is 0 Å². The lowest BCUT2D eigenvalue weighted by Crippen LogP contribution is -2.17. The van der Waals surface area contributed by atoms with E-state index < -0.39 is 0 Å². The third kappa shape index (κ3) is 6.24. The van der Waals surface area contributed by atoms with Crippen LogP contribution in [0.3, 0.4) is 0 Å². The van der Waals surface area contributed by atoms with Crippen molar-refractivity contribution >= 4 is 29.3 Å². The number of aromatic nitrogens is 1. The van der Waals surface area contributed by atoms with Gasteiger partial charge in [0.1, 0.15) is 0 Å². The molecule has 0 saturated heterocycles. The van der Waals surface area contributed by atoms with Gasteiger partial charge in [-0.15, -0.1) is 11.8 Å². The molecule has 0 spiro atoms. The van der Waals surface area contributed by atoms with Gasteiger partial charge in [-0.2, -0.15) is 0 Å². The number of anilines is 1. The van der Waals surface area contributed by atoms with Crippen molar-refractivity contribution < 1.29 is 14.3 Å². The molecule has 0 fully saturated rings. The van der Waals surface area contributed by atoms with Crippen molar-refractivity contribution in [2.45, 2.75) is 20.0 Å². The first-order chi connectivity index (χ1) is 8.58. The predicted octanol–water partition coefficient (Wildman–Crippen LogP) is 1.70. The van der Waals surface area contributed by atoms with E-state index in [-0.39, 0.29) is 29.5 Å². The zero-order chi connectivity index (χ0) is 13.4. The van der Waals surface area contributed by atoms with E-state index in [1.54, 1.807) is 38.4 Å².